The van der Waals surface area contributed by atoms with Crippen molar-refractivity contribution in [1.29, 1.82) is 0 Å². The van der Waals surface area contributed by atoms with Gasteiger partial charge in [0, 0.05) is 9.61 Å². The minimum absolute atomic E-state index is 0.321. The highest BCUT2D eigenvalue weighted by atomic mass is 127. The average Bonchev–Trinajstić information content (AvgIpc) is 2.71. The number of halogens is 1. The summed E-state index contributed by atoms with van der Waals surface area (Å²) in [5.41, 5.74) is 6.51. The molecule has 5 heteroatoms. The molecular formula is C12H14IN3O. The minimum atomic E-state index is 0.321. The largest absolute Gasteiger partial charge is 0.452 e. The lowest BCUT2D eigenvalue weighted by Crippen LogP contribution is -1.99. The molecule has 2 N–H and O–H groups in total. The van der Waals surface area contributed by atoms with E-state index in [-0.39, 0.29) is 0 Å². The van der Waals surface area contributed by atoms with Crippen LogP contribution in [0.3, 0.4) is 0 Å². The monoisotopic (exact) mass is 343 g/mol. The number of nitrogens with zero attached hydrogens (tertiary/aromatic N) is 2. The van der Waals surface area contributed by atoms with Crippen molar-refractivity contribution in [1.82, 2.24) is 9.78 Å². The molecule has 0 spiro atoms. The first-order valence-corrected chi connectivity index (χ1v) is 6.41. The van der Waals surface area contributed by atoms with Crippen molar-refractivity contribution in [3.05, 3.63) is 34.2 Å². The number of aromatic nitrogens is 2. The molecule has 2 rings (SSSR count). The topological polar surface area (TPSA) is 53.1 Å². The predicted molar refractivity (Wildman–Crippen MR) is 76.3 cm³/mol. The molecule has 0 aliphatic carbocycles. The molecule has 1 aromatic heterocycles. The molecule has 0 bridgehead atoms. The van der Waals surface area contributed by atoms with Gasteiger partial charge in [0.2, 0.25) is 0 Å². The van der Waals surface area contributed by atoms with E-state index in [9.17, 15) is 0 Å². The molecule has 0 aliphatic rings. The first-order valence-electron chi connectivity index (χ1n) is 5.33. The Labute approximate surface area is 114 Å². The quantitative estimate of drug-likeness (QED) is 0.686. The molecule has 1 aromatic carbocycles. The van der Waals surface area contributed by atoms with Gasteiger partial charge in [-0.3, -0.25) is 4.68 Å². The Morgan fingerprint density at radius 3 is 2.76 bits per heavy atom. The molecule has 0 aliphatic heterocycles. The maximum absolute atomic E-state index is 5.88. The zero-order valence-electron chi connectivity index (χ0n) is 9.72. The lowest BCUT2D eigenvalue weighted by atomic mass is 10.3. The van der Waals surface area contributed by atoms with E-state index in [0.29, 0.717) is 23.2 Å². The van der Waals surface area contributed by atoms with Crippen LogP contribution in [-0.2, 0) is 0 Å². The molecule has 0 saturated carbocycles. The van der Waals surface area contributed by atoms with Gasteiger partial charge in [0.1, 0.15) is 0 Å². The normalized spacial score (nSPS) is 10.8. The van der Waals surface area contributed by atoms with Gasteiger partial charge in [-0.15, -0.1) is 0 Å². The average molecular weight is 343 g/mol. The smallest absolute Gasteiger partial charge is 0.165 e. The summed E-state index contributed by atoms with van der Waals surface area (Å²) in [6.45, 7) is 4.13. The number of anilines is 1. The van der Waals surface area contributed by atoms with Crippen molar-refractivity contribution < 1.29 is 4.74 Å². The fraction of sp³-hybridized carbons (Fsp3) is 0.250. The van der Waals surface area contributed by atoms with Gasteiger partial charge in [-0.2, -0.15) is 5.10 Å². The lowest BCUT2D eigenvalue weighted by molar-refractivity contribution is 0.479. The fourth-order valence-electron chi connectivity index (χ4n) is 1.39. The summed E-state index contributed by atoms with van der Waals surface area (Å²) in [6, 6.07) is 6.02. The van der Waals surface area contributed by atoms with E-state index in [0.717, 1.165) is 3.57 Å². The van der Waals surface area contributed by atoms with E-state index < -0.39 is 0 Å². The highest BCUT2D eigenvalue weighted by Crippen LogP contribution is 2.28. The molecule has 0 saturated heterocycles. The van der Waals surface area contributed by atoms with Gasteiger partial charge in [-0.25, -0.2) is 0 Å². The van der Waals surface area contributed by atoms with Crippen LogP contribution < -0.4 is 10.5 Å². The van der Waals surface area contributed by atoms with Gasteiger partial charge in [0.25, 0.3) is 0 Å². The molecule has 1 heterocycles. The van der Waals surface area contributed by atoms with Crippen LogP contribution in [-0.4, -0.2) is 9.78 Å². The fourth-order valence-corrected chi connectivity index (χ4v) is 1.91. The van der Waals surface area contributed by atoms with Gasteiger partial charge < -0.3 is 10.5 Å². The van der Waals surface area contributed by atoms with Crippen LogP contribution in [0.2, 0.25) is 0 Å². The van der Waals surface area contributed by atoms with Crippen molar-refractivity contribution in [3.63, 3.8) is 0 Å². The molecular weight excluding hydrogens is 329 g/mol. The summed E-state index contributed by atoms with van der Waals surface area (Å²) < 4.78 is 8.62. The van der Waals surface area contributed by atoms with E-state index in [1.807, 2.05) is 29.1 Å². The third-order valence-corrected chi connectivity index (χ3v) is 2.98. The lowest BCUT2D eigenvalue weighted by Gasteiger charge is -2.07. The summed E-state index contributed by atoms with van der Waals surface area (Å²) in [6.07, 6.45) is 3.56. The molecule has 90 valence electrons. The molecule has 0 radical (unpaired) electrons. The summed E-state index contributed by atoms with van der Waals surface area (Å²) >= 11 is 2.21. The van der Waals surface area contributed by atoms with Crippen LogP contribution in [0, 0.1) is 3.57 Å². The van der Waals surface area contributed by atoms with Gasteiger partial charge in [0.15, 0.2) is 11.5 Å². The first kappa shape index (κ1) is 12.2. The van der Waals surface area contributed by atoms with Crippen molar-refractivity contribution >= 4 is 28.3 Å². The van der Waals surface area contributed by atoms with Crippen molar-refractivity contribution in [3.8, 4) is 11.5 Å². The van der Waals surface area contributed by atoms with E-state index in [4.69, 9.17) is 10.5 Å². The van der Waals surface area contributed by atoms with E-state index in [2.05, 4.69) is 41.5 Å². The Hall–Kier alpha value is -1.24. The summed E-state index contributed by atoms with van der Waals surface area (Å²) in [5.74, 6) is 1.36. The van der Waals surface area contributed by atoms with Gasteiger partial charge in [0.05, 0.1) is 18.1 Å². The highest BCUT2D eigenvalue weighted by molar-refractivity contribution is 14.1. The van der Waals surface area contributed by atoms with Crippen molar-refractivity contribution in [2.45, 2.75) is 19.9 Å². The number of nitrogens with two attached hydrogens (primary N) is 1. The molecule has 0 amide bonds. The van der Waals surface area contributed by atoms with Gasteiger partial charge in [-0.1, -0.05) is 0 Å². The minimum Gasteiger partial charge on any atom is -0.452 e. The number of hydrogen-bond acceptors (Lipinski definition) is 3. The molecule has 2 aromatic rings. The van der Waals surface area contributed by atoms with Crippen LogP contribution in [0.5, 0.6) is 11.5 Å². The molecule has 0 fully saturated rings. The second kappa shape index (κ2) is 4.95. The Morgan fingerprint density at radius 1 is 1.41 bits per heavy atom. The Kier molecular flexibility index (Phi) is 3.56. The number of benzene rings is 1. The molecule has 0 unspecified atom stereocenters. The van der Waals surface area contributed by atoms with Gasteiger partial charge >= 0.3 is 0 Å². The summed E-state index contributed by atoms with van der Waals surface area (Å²) in [4.78, 5) is 0. The third-order valence-electron chi connectivity index (χ3n) is 2.31. The third kappa shape index (κ3) is 2.91. The summed E-state index contributed by atoms with van der Waals surface area (Å²) in [7, 11) is 0. The number of hydrogen-bond donors (Lipinski definition) is 1. The summed E-state index contributed by atoms with van der Waals surface area (Å²) in [5, 5.41) is 4.21. The predicted octanol–water partition coefficient (Wildman–Crippen LogP) is 3.44. The maximum Gasteiger partial charge on any atom is 0.165 e. The SMILES string of the molecule is CC(C)n1cc(Oc2ccc(I)cc2N)cn1. The number of ether oxygens (including phenoxy) is 1. The molecule has 0 atom stereocenters. The second-order valence-electron chi connectivity index (χ2n) is 4.03. The standard InChI is InChI=1S/C12H14IN3O/c1-8(2)16-7-10(6-15-16)17-12-4-3-9(13)5-11(12)14/h3-8H,14H2,1-2H3. The highest BCUT2D eigenvalue weighted by Gasteiger charge is 2.06. The van der Waals surface area contributed by atoms with Crippen LogP contribution in [0.25, 0.3) is 0 Å². The van der Waals surface area contributed by atoms with E-state index >= 15 is 0 Å². The van der Waals surface area contributed by atoms with Crippen molar-refractivity contribution in [2.24, 2.45) is 0 Å². The zero-order valence-corrected chi connectivity index (χ0v) is 11.9. The van der Waals surface area contributed by atoms with E-state index in [1.54, 1.807) is 6.20 Å². The van der Waals surface area contributed by atoms with E-state index in [1.165, 1.54) is 0 Å². The maximum atomic E-state index is 5.88. The second-order valence-corrected chi connectivity index (χ2v) is 5.28. The van der Waals surface area contributed by atoms with Crippen LogP contribution in [0.15, 0.2) is 30.6 Å². The van der Waals surface area contributed by atoms with Crippen LogP contribution >= 0.6 is 22.6 Å². The molecule has 4 nitrogen and oxygen atoms in total. The molecule has 17 heavy (non-hydrogen) atoms. The number of rotatable bonds is 3. The van der Waals surface area contributed by atoms with Crippen LogP contribution in [0.1, 0.15) is 19.9 Å². The Balaban J connectivity index is 2.19. The zero-order chi connectivity index (χ0) is 12.4. The Morgan fingerprint density at radius 2 is 2.18 bits per heavy atom. The van der Waals surface area contributed by atoms with Gasteiger partial charge in [-0.05, 0) is 54.6 Å². The van der Waals surface area contributed by atoms with Crippen LogP contribution in [0.4, 0.5) is 5.69 Å². The first-order chi connectivity index (χ1) is 8.06. The Bertz CT molecular complexity index is 522. The number of nitrogen functional groups attached to an aromatic ring is 1. The van der Waals surface area contributed by atoms with Crippen molar-refractivity contribution in [2.75, 3.05) is 5.73 Å².